The van der Waals surface area contributed by atoms with E-state index in [0.717, 1.165) is 112 Å². The number of amidine groups is 4. The summed E-state index contributed by atoms with van der Waals surface area (Å²) < 4.78 is 76.4. The van der Waals surface area contributed by atoms with Crippen molar-refractivity contribution in [3.8, 4) is 23.0 Å². The molecule has 17 rings (SSSR count). The minimum absolute atomic E-state index is 0.640. The summed E-state index contributed by atoms with van der Waals surface area (Å²) in [5.74, 6) is 7.00. The van der Waals surface area contributed by atoms with E-state index in [0.29, 0.717) is 0 Å². The summed E-state index contributed by atoms with van der Waals surface area (Å²) in [5, 5.41) is 4.00. The Morgan fingerprint density at radius 3 is 0.936 bits per heavy atom. The molecule has 9 aliphatic heterocycles. The normalized spacial score (nSPS) is 26.0. The molecule has 0 aliphatic carbocycles. The Labute approximate surface area is 659 Å². The van der Waals surface area contributed by atoms with Crippen molar-refractivity contribution in [3.63, 3.8) is 0 Å². The van der Waals surface area contributed by atoms with Crippen LogP contribution in [0.5, 0.6) is 23.0 Å². The first kappa shape index (κ1) is 75.1. The van der Waals surface area contributed by atoms with Gasteiger partial charge in [-0.3, -0.25) is 0 Å². The van der Waals surface area contributed by atoms with Gasteiger partial charge in [0.1, 0.15) is 0 Å². The molecule has 110 heavy (non-hydrogen) atoms. The molecular formula is C90H116N8O6Si6. The van der Waals surface area contributed by atoms with Crippen molar-refractivity contribution in [3.05, 3.63) is 239 Å². The van der Waals surface area contributed by atoms with Gasteiger partial charge in [-0.1, -0.05) is 0 Å². The third-order valence-electron chi connectivity index (χ3n) is 24.7. The van der Waals surface area contributed by atoms with Gasteiger partial charge in [0.05, 0.1) is 0 Å². The fourth-order valence-corrected chi connectivity index (χ4v) is 139. The number of fused-ring (bicyclic) bond motifs is 2. The second-order valence-electron chi connectivity index (χ2n) is 41.6. The summed E-state index contributed by atoms with van der Waals surface area (Å²) in [5.41, 5.74) is 1.11. The number of benzene rings is 8. The third-order valence-corrected chi connectivity index (χ3v) is 94.4. The van der Waals surface area contributed by atoms with Crippen molar-refractivity contribution < 1.29 is 34.4 Å². The molecule has 0 N–H and O–H groups in total. The van der Waals surface area contributed by atoms with Gasteiger partial charge in [-0.25, -0.2) is 0 Å². The van der Waals surface area contributed by atoms with Crippen molar-refractivity contribution in [2.24, 2.45) is 9.98 Å². The van der Waals surface area contributed by atoms with Crippen LogP contribution in [-0.4, -0.2) is 140 Å². The molecule has 8 aromatic carbocycles. The van der Waals surface area contributed by atoms with Crippen LogP contribution < -0.4 is 30.2 Å². The molecule has 9 aliphatic rings. The Morgan fingerprint density at radius 2 is 0.655 bits per heavy atom. The molecule has 0 radical (unpaired) electrons. The van der Waals surface area contributed by atoms with Crippen LogP contribution in [0.15, 0.2) is 204 Å². The first-order valence-corrected chi connectivity index (χ1v) is 55.9. The molecule has 3 fully saturated rings. The standard InChI is InChI=1S/C90H116N8O6Si6/c1-81(2,3)91-77(61-45-33-29-34-46-61)93(83(7,8)9)105-69-57-41-53-65-73(69)99-75-67(89(65,25)26)55-43-59-71(75)109(95(85(13,14)15)79(96(109)86(16,17)18)63-49-37-31-38-50-63)103-107(105,109)102-106(94(84(10,11)12)78(92-82(4,5)6)62-47-35-30-36-48-62)70-58-42-54-66-74(70)100-76-68(90(66,27)28)56-44-60-72(76)110(104-108(106,110)101-105)97(87(19,20)21)80(98(110)88(22,23)24)64-51-39-32-40-52-64/h29-60H,1-28H3/t105-,106+,107+,108-. The van der Waals surface area contributed by atoms with Crippen LogP contribution in [0, 0.1) is 0 Å². The van der Waals surface area contributed by atoms with E-state index in [-0.39, 0.29) is 0 Å². The van der Waals surface area contributed by atoms with E-state index in [4.69, 9.17) is 19.5 Å². The maximum atomic E-state index is 11.0. The quantitative estimate of drug-likeness (QED) is 0.0692. The summed E-state index contributed by atoms with van der Waals surface area (Å²) in [6.45, 7) is 66.6. The van der Waals surface area contributed by atoms with Gasteiger partial charge in [0.15, 0.2) is 0 Å². The van der Waals surface area contributed by atoms with E-state index in [1.807, 2.05) is 0 Å². The monoisotopic (exact) mass is 1570 g/mol. The van der Waals surface area contributed by atoms with E-state index in [2.05, 4.69) is 415 Å². The molecular weight excluding hydrogens is 1460 g/mol. The summed E-state index contributed by atoms with van der Waals surface area (Å²) in [6.07, 6.45) is 0. The van der Waals surface area contributed by atoms with Gasteiger partial charge in [-0.05, 0) is 0 Å². The summed E-state index contributed by atoms with van der Waals surface area (Å²) >= 11 is 0. The molecule has 576 valence electrons. The summed E-state index contributed by atoms with van der Waals surface area (Å²) in [4.78, 5) is 12.7. The minimum atomic E-state index is -5.72. The Hall–Kier alpha value is -7.62. The number of nitrogens with zero attached hydrogens (tertiary/aromatic N) is 8. The van der Waals surface area contributed by atoms with Crippen molar-refractivity contribution in [2.75, 3.05) is 0 Å². The van der Waals surface area contributed by atoms with Crippen LogP contribution in [0.4, 0.5) is 0 Å². The van der Waals surface area contributed by atoms with Gasteiger partial charge in [-0.2, -0.15) is 0 Å². The van der Waals surface area contributed by atoms with Gasteiger partial charge >= 0.3 is 663 Å². The van der Waals surface area contributed by atoms with E-state index in [1.54, 1.807) is 0 Å². The van der Waals surface area contributed by atoms with E-state index < -0.39 is 101 Å². The number of ether oxygens (including phenoxy) is 2. The molecule has 0 aromatic heterocycles. The number of hydrogen-bond donors (Lipinski definition) is 0. The van der Waals surface area contributed by atoms with Crippen LogP contribution in [-0.2, 0) is 27.3 Å². The Morgan fingerprint density at radius 1 is 0.364 bits per heavy atom. The van der Waals surface area contributed by atoms with Crippen molar-refractivity contribution >= 4 is 90.1 Å². The van der Waals surface area contributed by atoms with Crippen LogP contribution in [0.1, 0.15) is 238 Å². The number of aliphatic imine (C=N–C) groups is 2. The second kappa shape index (κ2) is 22.2. The molecule has 20 heteroatoms. The Balaban J connectivity index is 1.25. The maximum absolute atomic E-state index is 11.0. The fourth-order valence-electron chi connectivity index (χ4n) is 22.0. The van der Waals surface area contributed by atoms with Gasteiger partial charge in [0.25, 0.3) is 0 Å². The molecule has 9 heterocycles. The van der Waals surface area contributed by atoms with Gasteiger partial charge in [0.2, 0.25) is 0 Å². The summed E-state index contributed by atoms with van der Waals surface area (Å²) in [6, 6.07) is 72.6. The zero-order chi connectivity index (χ0) is 79.2. The third kappa shape index (κ3) is 8.87. The van der Waals surface area contributed by atoms with Crippen molar-refractivity contribution in [1.82, 2.24) is 18.3 Å². The zero-order valence-corrected chi connectivity index (χ0v) is 76.5. The first-order valence-electron chi connectivity index (χ1n) is 40.0. The van der Waals surface area contributed by atoms with E-state index in [1.165, 1.54) is 0 Å². The van der Waals surface area contributed by atoms with Crippen LogP contribution in [0.3, 0.4) is 0 Å². The molecule has 14 nitrogen and oxygen atoms in total. The second-order valence-corrected chi connectivity index (χ2v) is 79.3. The predicted molar refractivity (Wildman–Crippen MR) is 461 cm³/mol. The molecule has 4 spiro atoms. The predicted octanol–water partition coefficient (Wildman–Crippen LogP) is 16.5. The molecule has 3 saturated heterocycles. The van der Waals surface area contributed by atoms with Crippen LogP contribution in [0.2, 0.25) is 0 Å². The summed E-state index contributed by atoms with van der Waals surface area (Å²) in [7, 11) is -31.8. The number of rotatable bonds is 6. The Kier molecular flexibility index (Phi) is 15.2. The van der Waals surface area contributed by atoms with Crippen molar-refractivity contribution in [2.45, 2.75) is 249 Å². The van der Waals surface area contributed by atoms with E-state index in [9.17, 15) is 16.5 Å². The zero-order valence-electron chi connectivity index (χ0n) is 70.5. The number of hydrogen-bond acceptors (Lipinski definition) is 10. The van der Waals surface area contributed by atoms with Gasteiger partial charge in [0, 0.05) is 0 Å². The average molecular weight is 1570 g/mol. The molecule has 8 aromatic rings. The average Bonchev–Trinajstić information content (AvgIpc) is 1.36. The van der Waals surface area contributed by atoms with Crippen LogP contribution in [0.25, 0.3) is 0 Å². The topological polar surface area (TPSA) is 106 Å². The van der Waals surface area contributed by atoms with E-state index >= 15 is 0 Å². The Bertz CT molecular complexity index is 5070. The molecule has 0 saturated carbocycles. The SMILES string of the molecule is CC(C)(C)N=C(c1ccccc1)N(C(C)(C)C)[Si@@]12O[Si@@]34O[Si-]35(c3cccc6c3Oc3c(cccc3[Si@@]4(N(C(=NC(C)(C)C)c3ccccc3)C(C)(C)C)O[Si@@]13O[Si-]31(c3cccc4c3Oc3c(cccc32)C4(C)C)N(C(C)(C)C)C(c2ccccc2)=[N+]1C(C)(C)C)C6(C)C)N(C(C)(C)C)C(c1ccccc1)=[N+]5C(C)(C)C. The molecule has 4 atom stereocenters. The number of para-hydroxylation sites is 4. The first-order chi connectivity index (χ1) is 51.0. The molecule has 4 bridgehead atoms. The molecule has 0 amide bonds. The van der Waals surface area contributed by atoms with Gasteiger partial charge in [-0.15, -0.1) is 0 Å². The van der Waals surface area contributed by atoms with Crippen LogP contribution >= 0.6 is 0 Å². The van der Waals surface area contributed by atoms with Gasteiger partial charge < -0.3 is 0 Å². The fraction of sp³-hybridized carbons (Fsp3) is 0.422. The van der Waals surface area contributed by atoms with Crippen molar-refractivity contribution in [1.29, 1.82) is 0 Å². The molecule has 0 unspecified atom stereocenters.